The molecule has 2 nitrogen and oxygen atoms in total. The third-order valence-electron chi connectivity index (χ3n) is 4.72. The van der Waals surface area contributed by atoms with Crippen molar-refractivity contribution in [1.29, 1.82) is 0 Å². The van der Waals surface area contributed by atoms with Gasteiger partial charge in [0.25, 0.3) is 0 Å². The molecule has 1 heterocycles. The van der Waals surface area contributed by atoms with Crippen molar-refractivity contribution in [3.05, 3.63) is 35.9 Å². The minimum atomic E-state index is 0.103. The molecule has 0 amide bonds. The monoisotopic (exact) mass is 259 g/mol. The first-order chi connectivity index (χ1) is 9.20. The van der Waals surface area contributed by atoms with E-state index >= 15 is 0 Å². The molecule has 2 heteroatoms. The molecule has 2 atom stereocenters. The molecule has 1 aromatic carbocycles. The van der Waals surface area contributed by atoms with E-state index in [1.54, 1.807) is 0 Å². The normalized spacial score (nSPS) is 30.1. The van der Waals surface area contributed by atoms with Crippen LogP contribution >= 0.6 is 0 Å². The van der Waals surface area contributed by atoms with Gasteiger partial charge in [0.2, 0.25) is 0 Å². The zero-order chi connectivity index (χ0) is 13.3. The van der Waals surface area contributed by atoms with Crippen LogP contribution in [0.3, 0.4) is 0 Å². The maximum Gasteiger partial charge on any atom is 0.0988 e. The lowest BCUT2D eigenvalue weighted by Gasteiger charge is -2.45. The second-order valence-corrected chi connectivity index (χ2v) is 6.49. The number of morpholine rings is 1. The van der Waals surface area contributed by atoms with Gasteiger partial charge in [-0.1, -0.05) is 57.0 Å². The Kier molecular flexibility index (Phi) is 3.64. The summed E-state index contributed by atoms with van der Waals surface area (Å²) >= 11 is 0. The third kappa shape index (κ3) is 2.56. The number of nitrogens with one attached hydrogen (secondary N) is 1. The highest BCUT2D eigenvalue weighted by Crippen LogP contribution is 2.42. The van der Waals surface area contributed by atoms with Crippen LogP contribution in [0.4, 0.5) is 0 Å². The van der Waals surface area contributed by atoms with Crippen LogP contribution in [0.5, 0.6) is 0 Å². The largest absolute Gasteiger partial charge is 0.364 e. The molecular formula is C17H25NO. The van der Waals surface area contributed by atoms with Crippen molar-refractivity contribution in [3.8, 4) is 0 Å². The zero-order valence-corrected chi connectivity index (χ0v) is 12.1. The summed E-state index contributed by atoms with van der Waals surface area (Å²) < 4.78 is 6.63. The van der Waals surface area contributed by atoms with Crippen molar-refractivity contribution in [3.63, 3.8) is 0 Å². The van der Waals surface area contributed by atoms with Crippen LogP contribution in [0.15, 0.2) is 30.3 Å². The van der Waals surface area contributed by atoms with Crippen molar-refractivity contribution in [2.45, 2.75) is 57.3 Å². The predicted molar refractivity (Wildman–Crippen MR) is 78.1 cm³/mol. The molecule has 19 heavy (non-hydrogen) atoms. The van der Waals surface area contributed by atoms with Crippen LogP contribution in [-0.2, 0) is 4.74 Å². The Morgan fingerprint density at radius 2 is 1.84 bits per heavy atom. The Hall–Kier alpha value is -0.860. The highest BCUT2D eigenvalue weighted by Gasteiger charge is 2.44. The van der Waals surface area contributed by atoms with Crippen molar-refractivity contribution in [2.75, 3.05) is 6.54 Å². The molecular weight excluding hydrogens is 234 g/mol. The van der Waals surface area contributed by atoms with Gasteiger partial charge >= 0.3 is 0 Å². The van der Waals surface area contributed by atoms with Gasteiger partial charge in [-0.15, -0.1) is 0 Å². The average molecular weight is 259 g/mol. The SMILES string of the molecule is CC(C)C1NCC2(CCCC2)OC1c1ccccc1. The van der Waals surface area contributed by atoms with Gasteiger partial charge in [-0.2, -0.15) is 0 Å². The lowest BCUT2D eigenvalue weighted by molar-refractivity contribution is -0.141. The van der Waals surface area contributed by atoms with Gasteiger partial charge in [0, 0.05) is 12.6 Å². The highest BCUT2D eigenvalue weighted by molar-refractivity contribution is 5.21. The molecule has 1 aliphatic heterocycles. The molecule has 2 aliphatic rings. The van der Waals surface area contributed by atoms with Crippen LogP contribution in [0.1, 0.15) is 51.2 Å². The first kappa shape index (κ1) is 13.1. The molecule has 1 aromatic rings. The molecule has 1 spiro atoms. The topological polar surface area (TPSA) is 21.3 Å². The van der Waals surface area contributed by atoms with Crippen molar-refractivity contribution < 1.29 is 4.74 Å². The van der Waals surface area contributed by atoms with E-state index in [-0.39, 0.29) is 11.7 Å². The summed E-state index contributed by atoms with van der Waals surface area (Å²) in [4.78, 5) is 0. The van der Waals surface area contributed by atoms with Gasteiger partial charge in [0.05, 0.1) is 11.7 Å². The van der Waals surface area contributed by atoms with Crippen LogP contribution in [0.2, 0.25) is 0 Å². The summed E-state index contributed by atoms with van der Waals surface area (Å²) in [6, 6.07) is 11.1. The van der Waals surface area contributed by atoms with Gasteiger partial charge in [-0.3, -0.25) is 0 Å². The van der Waals surface area contributed by atoms with Gasteiger partial charge < -0.3 is 10.1 Å². The number of ether oxygens (including phenoxy) is 1. The Labute approximate surface area is 116 Å². The van der Waals surface area contributed by atoms with E-state index in [1.165, 1.54) is 31.2 Å². The maximum atomic E-state index is 6.63. The summed E-state index contributed by atoms with van der Waals surface area (Å²) in [6.07, 6.45) is 5.26. The Bertz CT molecular complexity index is 409. The molecule has 2 unspecified atom stereocenters. The van der Waals surface area contributed by atoms with Gasteiger partial charge in [-0.05, 0) is 24.3 Å². The molecule has 1 saturated carbocycles. The molecule has 0 radical (unpaired) electrons. The van der Waals surface area contributed by atoms with E-state index in [0.29, 0.717) is 12.0 Å². The average Bonchev–Trinajstić information content (AvgIpc) is 2.87. The van der Waals surface area contributed by atoms with Crippen molar-refractivity contribution in [2.24, 2.45) is 5.92 Å². The van der Waals surface area contributed by atoms with Gasteiger partial charge in [0.1, 0.15) is 0 Å². The first-order valence-corrected chi connectivity index (χ1v) is 7.66. The minimum absolute atomic E-state index is 0.103. The molecule has 1 aliphatic carbocycles. The van der Waals surface area contributed by atoms with Crippen LogP contribution in [-0.4, -0.2) is 18.2 Å². The second-order valence-electron chi connectivity index (χ2n) is 6.49. The Morgan fingerprint density at radius 3 is 2.47 bits per heavy atom. The molecule has 3 rings (SSSR count). The minimum Gasteiger partial charge on any atom is -0.364 e. The number of benzene rings is 1. The lowest BCUT2D eigenvalue weighted by Crippen LogP contribution is -2.56. The molecule has 0 bridgehead atoms. The van der Waals surface area contributed by atoms with E-state index in [1.807, 2.05) is 0 Å². The van der Waals surface area contributed by atoms with Crippen LogP contribution in [0, 0.1) is 5.92 Å². The fourth-order valence-corrected chi connectivity index (χ4v) is 3.61. The summed E-state index contributed by atoms with van der Waals surface area (Å²) in [5.41, 5.74) is 1.42. The summed E-state index contributed by atoms with van der Waals surface area (Å²) in [6.45, 7) is 5.59. The fourth-order valence-electron chi connectivity index (χ4n) is 3.61. The quantitative estimate of drug-likeness (QED) is 0.874. The van der Waals surface area contributed by atoms with Crippen LogP contribution in [0.25, 0.3) is 0 Å². The number of hydrogen-bond donors (Lipinski definition) is 1. The zero-order valence-electron chi connectivity index (χ0n) is 12.1. The molecule has 0 aromatic heterocycles. The van der Waals surface area contributed by atoms with Crippen LogP contribution < -0.4 is 5.32 Å². The van der Waals surface area contributed by atoms with E-state index < -0.39 is 0 Å². The Balaban J connectivity index is 1.86. The lowest BCUT2D eigenvalue weighted by atomic mass is 9.88. The number of hydrogen-bond acceptors (Lipinski definition) is 2. The first-order valence-electron chi connectivity index (χ1n) is 7.66. The van der Waals surface area contributed by atoms with Gasteiger partial charge in [-0.25, -0.2) is 0 Å². The molecule has 1 saturated heterocycles. The summed E-state index contributed by atoms with van der Waals surface area (Å²) in [7, 11) is 0. The van der Waals surface area contributed by atoms with E-state index in [4.69, 9.17) is 4.74 Å². The fraction of sp³-hybridized carbons (Fsp3) is 0.647. The second kappa shape index (κ2) is 5.26. The summed E-state index contributed by atoms with van der Waals surface area (Å²) in [5.74, 6) is 0.587. The van der Waals surface area contributed by atoms with E-state index in [9.17, 15) is 0 Å². The Morgan fingerprint density at radius 1 is 1.16 bits per heavy atom. The number of rotatable bonds is 2. The molecule has 1 N–H and O–H groups in total. The smallest absolute Gasteiger partial charge is 0.0988 e. The van der Waals surface area contributed by atoms with Crippen molar-refractivity contribution in [1.82, 2.24) is 5.32 Å². The highest BCUT2D eigenvalue weighted by atomic mass is 16.5. The van der Waals surface area contributed by atoms with Gasteiger partial charge in [0.15, 0.2) is 0 Å². The maximum absolute atomic E-state index is 6.63. The summed E-state index contributed by atoms with van der Waals surface area (Å²) in [5, 5.41) is 3.77. The van der Waals surface area contributed by atoms with Crippen molar-refractivity contribution >= 4 is 0 Å². The molecule has 104 valence electrons. The third-order valence-corrected chi connectivity index (χ3v) is 4.72. The van der Waals surface area contributed by atoms with E-state index in [2.05, 4.69) is 49.5 Å². The predicted octanol–water partition coefficient (Wildman–Crippen LogP) is 3.68. The standard InChI is InChI=1S/C17H25NO/c1-13(2)15-16(14-8-4-3-5-9-14)19-17(12-18-15)10-6-7-11-17/h3-5,8-9,13,15-16,18H,6-7,10-12H2,1-2H3. The van der Waals surface area contributed by atoms with E-state index in [0.717, 1.165) is 6.54 Å². The molecule has 2 fully saturated rings.